The molecule has 3 atom stereocenters. The molecule has 332 valence electrons. The summed E-state index contributed by atoms with van der Waals surface area (Å²) in [7, 11) is 2.05. The molecule has 18 heteroatoms. The predicted octanol–water partition coefficient (Wildman–Crippen LogP) is 3.71. The Morgan fingerprint density at radius 3 is 1.18 bits per heavy atom. The van der Waals surface area contributed by atoms with Crippen molar-refractivity contribution in [1.29, 1.82) is 0 Å². The maximum Gasteiger partial charge on any atom is 0.309 e. The molecule has 0 saturated heterocycles. The van der Waals surface area contributed by atoms with E-state index in [0.717, 1.165) is 45.4 Å². The van der Waals surface area contributed by atoms with Crippen molar-refractivity contribution in [2.24, 2.45) is 17.8 Å². The van der Waals surface area contributed by atoms with Crippen molar-refractivity contribution in [3.63, 3.8) is 0 Å². The first-order chi connectivity index (χ1) is 27.3. The summed E-state index contributed by atoms with van der Waals surface area (Å²) >= 11 is 7.20. The van der Waals surface area contributed by atoms with Gasteiger partial charge in [-0.25, -0.2) is 0 Å². The third-order valence-corrected chi connectivity index (χ3v) is 10.8. The maximum atomic E-state index is 12.5. The summed E-state index contributed by atoms with van der Waals surface area (Å²) in [5, 5.41) is 0. The second kappa shape index (κ2) is 35.7. The molecule has 0 radical (unpaired) electrons. The van der Waals surface area contributed by atoms with E-state index in [9.17, 15) is 28.8 Å². The second-order valence-electron chi connectivity index (χ2n) is 13.9. The number of carbonyl (C=O) groups is 6. The average Bonchev–Trinajstić information content (AvgIpc) is 3.19. The van der Waals surface area contributed by atoms with E-state index in [1.807, 2.05) is 24.5 Å². The van der Waals surface area contributed by atoms with Gasteiger partial charge >= 0.3 is 35.8 Å². The van der Waals surface area contributed by atoms with Gasteiger partial charge in [0, 0.05) is 36.9 Å². The molecule has 0 bridgehead atoms. The Hall–Kier alpha value is -2.25. The molecule has 0 aliphatic carbocycles. The SMILES string of the molecule is CCCN(CCCN(C)CCCN(CCC(=O)OCCOC(=O)C(C)CSC)CCC(=O)OCCOC(=O)C(C)CSC)CCC(=O)OCCOC(=O)C(C)CS. The van der Waals surface area contributed by atoms with Crippen LogP contribution in [0, 0.1) is 17.8 Å². The highest BCUT2D eigenvalue weighted by molar-refractivity contribution is 7.98. The zero-order valence-electron chi connectivity index (χ0n) is 35.5. The minimum absolute atomic E-state index is 0.00344. The molecule has 57 heavy (non-hydrogen) atoms. The van der Waals surface area contributed by atoms with Crippen molar-refractivity contribution in [2.45, 2.75) is 66.2 Å². The lowest BCUT2D eigenvalue weighted by molar-refractivity contribution is -0.154. The van der Waals surface area contributed by atoms with Crippen LogP contribution in [0.3, 0.4) is 0 Å². The van der Waals surface area contributed by atoms with Crippen molar-refractivity contribution in [2.75, 3.05) is 129 Å². The zero-order chi connectivity index (χ0) is 42.8. The molecule has 15 nitrogen and oxygen atoms in total. The van der Waals surface area contributed by atoms with Crippen LogP contribution in [-0.4, -0.2) is 179 Å². The Kier molecular flexibility index (Phi) is 34.3. The van der Waals surface area contributed by atoms with E-state index in [-0.39, 0.29) is 101 Å². The lowest BCUT2D eigenvalue weighted by atomic mass is 10.2. The van der Waals surface area contributed by atoms with Crippen molar-refractivity contribution in [1.82, 2.24) is 14.7 Å². The van der Waals surface area contributed by atoms with Crippen LogP contribution in [0.15, 0.2) is 0 Å². The average molecular weight is 870 g/mol. The van der Waals surface area contributed by atoms with Gasteiger partial charge < -0.3 is 43.1 Å². The molecule has 0 rings (SSSR count). The van der Waals surface area contributed by atoms with Crippen LogP contribution >= 0.6 is 36.2 Å². The highest BCUT2D eigenvalue weighted by atomic mass is 32.2. The topological polar surface area (TPSA) is 168 Å². The largest absolute Gasteiger partial charge is 0.462 e. The molecule has 0 spiro atoms. The van der Waals surface area contributed by atoms with E-state index in [1.165, 1.54) is 0 Å². The molecular formula is C39H71N3O12S3. The Bertz CT molecular complexity index is 1090. The highest BCUT2D eigenvalue weighted by Gasteiger charge is 2.17. The summed E-state index contributed by atoms with van der Waals surface area (Å²) in [5.74, 6) is -1.25. The summed E-state index contributed by atoms with van der Waals surface area (Å²) in [6.45, 7) is 12.7. The molecule has 0 saturated carbocycles. The smallest absolute Gasteiger partial charge is 0.309 e. The molecule has 0 heterocycles. The van der Waals surface area contributed by atoms with Crippen molar-refractivity contribution >= 4 is 72.0 Å². The molecule has 0 aromatic heterocycles. The fourth-order valence-corrected chi connectivity index (χ4v) is 6.64. The Morgan fingerprint density at radius 1 is 0.509 bits per heavy atom. The number of thioether (sulfide) groups is 2. The van der Waals surface area contributed by atoms with Crippen LogP contribution in [0.5, 0.6) is 0 Å². The molecule has 0 aromatic rings. The van der Waals surface area contributed by atoms with Crippen molar-refractivity contribution < 1.29 is 57.2 Å². The van der Waals surface area contributed by atoms with Crippen molar-refractivity contribution in [3.8, 4) is 0 Å². The van der Waals surface area contributed by atoms with Crippen LogP contribution in [0.1, 0.15) is 66.2 Å². The Balaban J connectivity index is 4.79. The van der Waals surface area contributed by atoms with E-state index < -0.39 is 11.9 Å². The first-order valence-corrected chi connectivity index (χ1v) is 23.4. The van der Waals surface area contributed by atoms with E-state index >= 15 is 0 Å². The Morgan fingerprint density at radius 2 is 0.842 bits per heavy atom. The third-order valence-electron chi connectivity index (χ3n) is 8.55. The molecule has 0 N–H and O–H groups in total. The summed E-state index contributed by atoms with van der Waals surface area (Å²) in [4.78, 5) is 79.5. The fourth-order valence-electron chi connectivity index (χ4n) is 5.22. The van der Waals surface area contributed by atoms with E-state index in [4.69, 9.17) is 28.4 Å². The minimum Gasteiger partial charge on any atom is -0.462 e. The van der Waals surface area contributed by atoms with Gasteiger partial charge in [0.05, 0.1) is 37.0 Å². The highest BCUT2D eigenvalue weighted by Crippen LogP contribution is 2.08. The minimum atomic E-state index is -0.421. The van der Waals surface area contributed by atoms with Gasteiger partial charge in [0.15, 0.2) is 0 Å². The van der Waals surface area contributed by atoms with Crippen LogP contribution in [0.4, 0.5) is 0 Å². The number of carbonyl (C=O) groups excluding carboxylic acids is 6. The maximum absolute atomic E-state index is 12.5. The normalized spacial score (nSPS) is 12.9. The number of thiol groups is 1. The molecule has 3 unspecified atom stereocenters. The van der Waals surface area contributed by atoms with Gasteiger partial charge in [0.25, 0.3) is 0 Å². The molecule has 0 aliphatic heterocycles. The van der Waals surface area contributed by atoms with E-state index in [1.54, 1.807) is 44.3 Å². The number of esters is 6. The van der Waals surface area contributed by atoms with Gasteiger partial charge in [-0.15, -0.1) is 0 Å². The fraction of sp³-hybridized carbons (Fsp3) is 0.846. The monoisotopic (exact) mass is 869 g/mol. The lowest BCUT2D eigenvalue weighted by Crippen LogP contribution is -2.34. The Labute approximate surface area is 355 Å². The summed E-state index contributed by atoms with van der Waals surface area (Å²) in [6.07, 6.45) is 6.96. The third kappa shape index (κ3) is 30.5. The van der Waals surface area contributed by atoms with Gasteiger partial charge in [-0.05, 0) is 71.5 Å². The quantitative estimate of drug-likeness (QED) is 0.0419. The first kappa shape index (κ1) is 54.8. The molecule has 0 amide bonds. The van der Waals surface area contributed by atoms with Crippen molar-refractivity contribution in [3.05, 3.63) is 0 Å². The summed E-state index contributed by atoms with van der Waals surface area (Å²) in [6, 6.07) is 0. The van der Waals surface area contributed by atoms with Gasteiger partial charge in [-0.2, -0.15) is 36.2 Å². The molecule has 0 aromatic carbocycles. The number of nitrogens with zero attached hydrogens (tertiary/aromatic N) is 3. The molecule has 0 fully saturated rings. The lowest BCUT2D eigenvalue weighted by Gasteiger charge is -2.25. The number of hydrogen-bond acceptors (Lipinski definition) is 18. The molecular weight excluding hydrogens is 799 g/mol. The predicted molar refractivity (Wildman–Crippen MR) is 228 cm³/mol. The van der Waals surface area contributed by atoms with Gasteiger partial charge in [0.2, 0.25) is 0 Å². The van der Waals surface area contributed by atoms with E-state index in [0.29, 0.717) is 43.4 Å². The van der Waals surface area contributed by atoms with Crippen LogP contribution in [0.25, 0.3) is 0 Å². The van der Waals surface area contributed by atoms with Gasteiger partial charge in [0.1, 0.15) is 39.6 Å². The van der Waals surface area contributed by atoms with Crippen LogP contribution in [-0.2, 0) is 57.2 Å². The van der Waals surface area contributed by atoms with Crippen LogP contribution in [0.2, 0.25) is 0 Å². The summed E-state index contributed by atoms with van der Waals surface area (Å²) < 4.78 is 31.3. The van der Waals surface area contributed by atoms with Gasteiger partial charge in [-0.3, -0.25) is 28.8 Å². The van der Waals surface area contributed by atoms with E-state index in [2.05, 4.69) is 29.4 Å². The van der Waals surface area contributed by atoms with Gasteiger partial charge in [-0.1, -0.05) is 27.7 Å². The number of hydrogen-bond donors (Lipinski definition) is 1. The molecule has 0 aliphatic rings. The first-order valence-electron chi connectivity index (χ1n) is 20.0. The standard InChI is InChI=1S/C39H71N3O12S3/c1-8-14-41(19-11-34(43)49-22-25-52-37(46)31(2)28-55)17-9-15-40(5)16-10-18-42(20-12-35(44)50-23-26-53-38(47)32(3)29-56-6)21-13-36(45)51-24-27-54-39(48)33(4)30-57-7/h31-33,55H,8-30H2,1-7H3. The number of ether oxygens (including phenoxy) is 6. The number of rotatable bonds is 36. The zero-order valence-corrected chi connectivity index (χ0v) is 38.0. The second-order valence-corrected chi connectivity index (χ2v) is 16.1. The summed E-state index contributed by atoms with van der Waals surface area (Å²) in [5.41, 5.74) is 0. The van der Waals surface area contributed by atoms with Crippen LogP contribution < -0.4 is 0 Å².